The van der Waals surface area contributed by atoms with Crippen molar-refractivity contribution in [2.75, 3.05) is 11.9 Å². The van der Waals surface area contributed by atoms with Crippen LogP contribution in [0.4, 0.5) is 5.82 Å². The van der Waals surface area contributed by atoms with Crippen LogP contribution >= 0.6 is 0 Å². The molecule has 0 saturated heterocycles. The second-order valence-electron chi connectivity index (χ2n) is 3.46. The number of fused-ring (bicyclic) bond motifs is 1. The minimum atomic E-state index is -0.410. The summed E-state index contributed by atoms with van der Waals surface area (Å²) in [6, 6.07) is 0. The van der Waals surface area contributed by atoms with Gasteiger partial charge >= 0.3 is 0 Å². The van der Waals surface area contributed by atoms with E-state index in [-0.39, 0.29) is 0 Å². The van der Waals surface area contributed by atoms with Crippen molar-refractivity contribution in [1.82, 2.24) is 19.7 Å². The summed E-state index contributed by atoms with van der Waals surface area (Å²) in [4.78, 5) is 8.22. The predicted molar refractivity (Wildman–Crippen MR) is 56.5 cm³/mol. The number of rotatable bonds is 3. The fourth-order valence-electron chi connectivity index (χ4n) is 1.35. The van der Waals surface area contributed by atoms with Gasteiger partial charge in [0.05, 0.1) is 17.7 Å². The Morgan fingerprint density at radius 2 is 2.33 bits per heavy atom. The predicted octanol–water partition coefficient (Wildman–Crippen LogP) is 0.156. The van der Waals surface area contributed by atoms with Crippen LogP contribution in [0.2, 0.25) is 0 Å². The maximum absolute atomic E-state index is 9.16. The number of aryl methyl sites for hydroxylation is 1. The summed E-state index contributed by atoms with van der Waals surface area (Å²) >= 11 is 0. The zero-order chi connectivity index (χ0) is 10.8. The third-order valence-electron chi connectivity index (χ3n) is 2.09. The van der Waals surface area contributed by atoms with Gasteiger partial charge in [0, 0.05) is 13.6 Å². The molecule has 0 saturated carbocycles. The highest BCUT2D eigenvalue weighted by Gasteiger charge is 2.07. The van der Waals surface area contributed by atoms with Crippen molar-refractivity contribution in [3.8, 4) is 0 Å². The Hall–Kier alpha value is -1.69. The van der Waals surface area contributed by atoms with Crippen LogP contribution < -0.4 is 5.32 Å². The van der Waals surface area contributed by atoms with E-state index in [1.165, 1.54) is 6.33 Å². The Balaban J connectivity index is 2.34. The van der Waals surface area contributed by atoms with Crippen LogP contribution in [0.15, 0.2) is 12.5 Å². The number of anilines is 1. The van der Waals surface area contributed by atoms with Crippen LogP contribution in [-0.2, 0) is 7.05 Å². The molecule has 6 heteroatoms. The van der Waals surface area contributed by atoms with E-state index in [4.69, 9.17) is 5.11 Å². The highest BCUT2D eigenvalue weighted by atomic mass is 16.3. The fraction of sp³-hybridized carbons (Fsp3) is 0.444. The van der Waals surface area contributed by atoms with E-state index in [0.29, 0.717) is 12.4 Å². The van der Waals surface area contributed by atoms with Crippen LogP contribution in [-0.4, -0.2) is 37.5 Å². The monoisotopic (exact) mass is 207 g/mol. The number of aliphatic hydroxyl groups excluding tert-OH is 1. The lowest BCUT2D eigenvalue weighted by atomic mass is 10.3. The molecular weight excluding hydrogens is 194 g/mol. The Morgan fingerprint density at radius 3 is 3.07 bits per heavy atom. The van der Waals surface area contributed by atoms with Gasteiger partial charge in [-0.25, -0.2) is 9.97 Å². The van der Waals surface area contributed by atoms with Crippen molar-refractivity contribution in [1.29, 1.82) is 0 Å². The quantitative estimate of drug-likeness (QED) is 0.749. The molecule has 2 aromatic heterocycles. The zero-order valence-electron chi connectivity index (χ0n) is 8.68. The molecule has 0 unspecified atom stereocenters. The van der Waals surface area contributed by atoms with Crippen molar-refractivity contribution < 1.29 is 5.11 Å². The van der Waals surface area contributed by atoms with Gasteiger partial charge in [-0.15, -0.1) is 0 Å². The molecule has 0 aliphatic carbocycles. The second-order valence-corrected chi connectivity index (χ2v) is 3.46. The molecule has 0 spiro atoms. The molecule has 1 atom stereocenters. The summed E-state index contributed by atoms with van der Waals surface area (Å²) in [5.74, 6) is 0.703. The summed E-state index contributed by atoms with van der Waals surface area (Å²) in [6.45, 7) is 2.18. The number of nitrogens with one attached hydrogen (secondary N) is 1. The van der Waals surface area contributed by atoms with Gasteiger partial charge in [0.1, 0.15) is 12.1 Å². The zero-order valence-corrected chi connectivity index (χ0v) is 8.68. The van der Waals surface area contributed by atoms with Gasteiger partial charge in [0.15, 0.2) is 5.65 Å². The number of hydrogen-bond acceptors (Lipinski definition) is 5. The topological polar surface area (TPSA) is 75.9 Å². The molecule has 2 N–H and O–H groups in total. The van der Waals surface area contributed by atoms with E-state index in [0.717, 1.165) is 11.0 Å². The maximum Gasteiger partial charge on any atom is 0.163 e. The average molecular weight is 207 g/mol. The molecule has 80 valence electrons. The lowest BCUT2D eigenvalue weighted by Crippen LogP contribution is -2.16. The minimum Gasteiger partial charge on any atom is -0.392 e. The SMILES string of the molecule is C[C@H](O)CNc1ncnc2c1cnn2C. The van der Waals surface area contributed by atoms with E-state index >= 15 is 0 Å². The van der Waals surface area contributed by atoms with E-state index < -0.39 is 6.10 Å². The largest absolute Gasteiger partial charge is 0.392 e. The van der Waals surface area contributed by atoms with Crippen molar-refractivity contribution in [3.63, 3.8) is 0 Å². The Labute approximate surface area is 87.0 Å². The van der Waals surface area contributed by atoms with Gasteiger partial charge in [-0.3, -0.25) is 4.68 Å². The Bertz CT molecular complexity index is 464. The lowest BCUT2D eigenvalue weighted by molar-refractivity contribution is 0.208. The number of hydrogen-bond donors (Lipinski definition) is 2. The third kappa shape index (κ3) is 1.89. The second kappa shape index (κ2) is 3.82. The minimum absolute atomic E-state index is 0.410. The number of aromatic nitrogens is 4. The van der Waals surface area contributed by atoms with Crippen LogP contribution in [0, 0.1) is 0 Å². The average Bonchev–Trinajstić information content (AvgIpc) is 2.58. The molecule has 0 radical (unpaired) electrons. The molecule has 0 bridgehead atoms. The van der Waals surface area contributed by atoms with E-state index in [1.807, 2.05) is 7.05 Å². The molecule has 6 nitrogen and oxygen atoms in total. The van der Waals surface area contributed by atoms with Crippen LogP contribution in [0.3, 0.4) is 0 Å². The Morgan fingerprint density at radius 1 is 1.53 bits per heavy atom. The van der Waals surface area contributed by atoms with Crippen molar-refractivity contribution in [2.24, 2.45) is 7.05 Å². The third-order valence-corrected chi connectivity index (χ3v) is 2.09. The highest BCUT2D eigenvalue weighted by Crippen LogP contribution is 2.17. The summed E-state index contributed by atoms with van der Waals surface area (Å²) in [5.41, 5.74) is 0.776. The van der Waals surface area contributed by atoms with Crippen LogP contribution in [0.1, 0.15) is 6.92 Å². The first-order valence-electron chi connectivity index (χ1n) is 4.73. The standard InChI is InChI=1S/C9H13N5O/c1-6(15)3-10-8-7-4-13-14(2)9(7)12-5-11-8/h4-6,15H,3H2,1-2H3,(H,10,11,12)/t6-/m0/s1. The van der Waals surface area contributed by atoms with Gasteiger partial charge < -0.3 is 10.4 Å². The molecular formula is C9H13N5O. The molecule has 0 fully saturated rings. The van der Waals surface area contributed by atoms with E-state index in [2.05, 4.69) is 20.4 Å². The molecule has 0 amide bonds. The van der Waals surface area contributed by atoms with Crippen molar-refractivity contribution in [3.05, 3.63) is 12.5 Å². The smallest absolute Gasteiger partial charge is 0.163 e. The lowest BCUT2D eigenvalue weighted by Gasteiger charge is -2.07. The molecule has 2 rings (SSSR count). The van der Waals surface area contributed by atoms with Crippen LogP contribution in [0.5, 0.6) is 0 Å². The van der Waals surface area contributed by atoms with Gasteiger partial charge in [-0.05, 0) is 6.92 Å². The summed E-state index contributed by atoms with van der Waals surface area (Å²) in [6.07, 6.45) is 2.78. The molecule has 2 heterocycles. The van der Waals surface area contributed by atoms with Crippen molar-refractivity contribution >= 4 is 16.9 Å². The highest BCUT2D eigenvalue weighted by molar-refractivity contribution is 5.85. The summed E-state index contributed by atoms with van der Waals surface area (Å²) in [7, 11) is 1.83. The Kier molecular flexibility index (Phi) is 2.51. The normalized spacial score (nSPS) is 13.0. The maximum atomic E-state index is 9.16. The molecule has 2 aromatic rings. The first-order valence-corrected chi connectivity index (χ1v) is 4.73. The van der Waals surface area contributed by atoms with Crippen molar-refractivity contribution in [2.45, 2.75) is 13.0 Å². The molecule has 0 aliphatic heterocycles. The van der Waals surface area contributed by atoms with E-state index in [1.54, 1.807) is 17.8 Å². The number of aliphatic hydroxyl groups is 1. The fourth-order valence-corrected chi connectivity index (χ4v) is 1.35. The first-order chi connectivity index (χ1) is 7.18. The first kappa shape index (κ1) is 9.85. The van der Waals surface area contributed by atoms with Crippen LogP contribution in [0.25, 0.3) is 11.0 Å². The molecule has 0 aromatic carbocycles. The summed E-state index contributed by atoms with van der Waals surface area (Å²) in [5, 5.41) is 17.2. The molecule has 15 heavy (non-hydrogen) atoms. The van der Waals surface area contributed by atoms with Gasteiger partial charge in [0.25, 0.3) is 0 Å². The molecule has 0 aliphatic rings. The van der Waals surface area contributed by atoms with Gasteiger partial charge in [-0.1, -0.05) is 0 Å². The van der Waals surface area contributed by atoms with E-state index in [9.17, 15) is 0 Å². The van der Waals surface area contributed by atoms with Gasteiger partial charge in [-0.2, -0.15) is 5.10 Å². The summed E-state index contributed by atoms with van der Waals surface area (Å²) < 4.78 is 1.69. The van der Waals surface area contributed by atoms with Gasteiger partial charge in [0.2, 0.25) is 0 Å². The number of nitrogens with zero attached hydrogens (tertiary/aromatic N) is 4.